The number of hydrogen-bond acceptors (Lipinski definition) is 9. The smallest absolute Gasteiger partial charge is 0.408 e. The van der Waals surface area contributed by atoms with E-state index in [-0.39, 0.29) is 17.7 Å². The molecular formula is C40H57ClN8O6. The molecule has 3 heterocycles. The van der Waals surface area contributed by atoms with Crippen LogP contribution in [0.1, 0.15) is 103 Å². The van der Waals surface area contributed by atoms with E-state index in [0.29, 0.717) is 63.5 Å². The van der Waals surface area contributed by atoms with Crippen LogP contribution in [0.3, 0.4) is 0 Å². The maximum Gasteiger partial charge on any atom is 0.408 e. The van der Waals surface area contributed by atoms with Crippen molar-refractivity contribution in [3.63, 3.8) is 0 Å². The maximum absolute atomic E-state index is 14.4. The number of aromatic nitrogens is 3. The predicted octanol–water partition coefficient (Wildman–Crippen LogP) is 5.72. The van der Waals surface area contributed by atoms with Gasteiger partial charge in [0, 0.05) is 44.1 Å². The number of fused-ring (bicyclic) bond motifs is 1. The minimum atomic E-state index is -1.23. The maximum atomic E-state index is 14.4. The molecule has 1 aliphatic heterocycles. The van der Waals surface area contributed by atoms with Gasteiger partial charge in [-0.05, 0) is 102 Å². The lowest BCUT2D eigenvalue weighted by molar-refractivity contribution is -0.129. The number of amides is 4. The van der Waals surface area contributed by atoms with Gasteiger partial charge < -0.3 is 40.6 Å². The molecule has 2 atom stereocenters. The number of hydrogen-bond donors (Lipinski definition) is 5. The Morgan fingerprint density at radius 2 is 1.76 bits per heavy atom. The van der Waals surface area contributed by atoms with Crippen molar-refractivity contribution in [2.75, 3.05) is 37.7 Å². The summed E-state index contributed by atoms with van der Waals surface area (Å²) in [4.78, 5) is 65.6. The van der Waals surface area contributed by atoms with Gasteiger partial charge in [-0.15, -0.1) is 0 Å². The highest BCUT2D eigenvalue weighted by Gasteiger charge is 2.45. The van der Waals surface area contributed by atoms with E-state index in [0.717, 1.165) is 67.4 Å². The summed E-state index contributed by atoms with van der Waals surface area (Å²) in [6.07, 6.45) is 12.2. The third kappa shape index (κ3) is 12.0. The fourth-order valence-corrected chi connectivity index (χ4v) is 7.66. The van der Waals surface area contributed by atoms with Crippen molar-refractivity contribution in [3.05, 3.63) is 53.4 Å². The topological polar surface area (TPSA) is 180 Å². The number of aromatic amines is 1. The van der Waals surface area contributed by atoms with E-state index in [4.69, 9.17) is 21.1 Å². The average molecular weight is 781 g/mol. The highest BCUT2D eigenvalue weighted by molar-refractivity contribution is 6.30. The second-order valence-corrected chi connectivity index (χ2v) is 16.1. The molecule has 300 valence electrons. The van der Waals surface area contributed by atoms with Crippen LogP contribution in [0.25, 0.3) is 11.0 Å². The molecule has 0 bridgehead atoms. The first kappa shape index (κ1) is 41.7. The van der Waals surface area contributed by atoms with E-state index in [1.807, 2.05) is 24.4 Å². The Labute approximate surface area is 328 Å². The van der Waals surface area contributed by atoms with E-state index in [9.17, 15) is 19.2 Å². The first-order valence-corrected chi connectivity index (χ1v) is 20.0. The summed E-state index contributed by atoms with van der Waals surface area (Å²) >= 11 is 6.22. The van der Waals surface area contributed by atoms with Crippen LogP contribution in [0.4, 0.5) is 10.6 Å². The Balaban J connectivity index is 1.15. The fraction of sp³-hybridized carbons (Fsp3) is 0.600. The van der Waals surface area contributed by atoms with Gasteiger partial charge in [0.1, 0.15) is 35.0 Å². The van der Waals surface area contributed by atoms with Crippen molar-refractivity contribution >= 4 is 52.8 Å². The zero-order valence-corrected chi connectivity index (χ0v) is 33.1. The standard InChI is InChI=1S/C40H57ClN8O6/c1-39(2,3)55-38(53)48-40(18-22-49(23-19-40)35-31-16-21-42-34(31)44-26-45-35)37(52)47-32(28-12-14-30(41)15-13-28)17-25-54-24-9-5-8-20-43-36(51)33(46-27-50)29-10-6-4-7-11-29/h12-16,21,26-27,29,32-33H,4-11,17-20,22-25H2,1-3H3,(H,43,51)(H,46,50)(H,47,52)(H,48,53)(H,42,44,45). The van der Waals surface area contributed by atoms with Gasteiger partial charge in [-0.3, -0.25) is 14.4 Å². The van der Waals surface area contributed by atoms with E-state index in [1.54, 1.807) is 32.9 Å². The molecule has 5 rings (SSSR count). The van der Waals surface area contributed by atoms with Crippen molar-refractivity contribution in [2.24, 2.45) is 5.92 Å². The van der Waals surface area contributed by atoms with Crippen molar-refractivity contribution in [1.29, 1.82) is 0 Å². The molecule has 15 heteroatoms. The number of unbranched alkanes of at least 4 members (excludes halogenated alkanes) is 2. The van der Waals surface area contributed by atoms with Crippen molar-refractivity contribution in [3.8, 4) is 0 Å². The lowest BCUT2D eigenvalue weighted by Gasteiger charge is -2.42. The molecule has 3 aromatic rings. The lowest BCUT2D eigenvalue weighted by Crippen LogP contribution is -2.64. The van der Waals surface area contributed by atoms with Crippen LogP contribution < -0.4 is 26.2 Å². The molecule has 1 aliphatic carbocycles. The molecule has 4 amide bonds. The number of rotatable bonds is 18. The zero-order chi connectivity index (χ0) is 39.3. The number of nitrogens with zero attached hydrogens (tertiary/aromatic N) is 3. The Morgan fingerprint density at radius 3 is 2.47 bits per heavy atom. The van der Waals surface area contributed by atoms with Crippen LogP contribution in [-0.4, -0.2) is 89.3 Å². The highest BCUT2D eigenvalue weighted by Crippen LogP contribution is 2.31. The highest BCUT2D eigenvalue weighted by atomic mass is 35.5. The van der Waals surface area contributed by atoms with Crippen LogP contribution in [0.15, 0.2) is 42.9 Å². The Kier molecular flexibility index (Phi) is 15.1. The summed E-state index contributed by atoms with van der Waals surface area (Å²) in [7, 11) is 0. The van der Waals surface area contributed by atoms with Gasteiger partial charge in [0.25, 0.3) is 0 Å². The van der Waals surface area contributed by atoms with Crippen molar-refractivity contribution < 1.29 is 28.7 Å². The quantitative estimate of drug-likeness (QED) is 0.0798. The number of piperidine rings is 1. The van der Waals surface area contributed by atoms with Gasteiger partial charge in [-0.25, -0.2) is 14.8 Å². The number of H-pyrrole nitrogens is 1. The second-order valence-electron chi connectivity index (χ2n) is 15.6. The monoisotopic (exact) mass is 780 g/mol. The largest absolute Gasteiger partial charge is 0.444 e. The van der Waals surface area contributed by atoms with Crippen LogP contribution >= 0.6 is 11.6 Å². The van der Waals surface area contributed by atoms with Gasteiger partial charge in [0.15, 0.2) is 0 Å². The van der Waals surface area contributed by atoms with E-state index in [2.05, 4.69) is 41.1 Å². The normalized spacial score (nSPS) is 17.2. The molecule has 14 nitrogen and oxygen atoms in total. The predicted molar refractivity (Wildman–Crippen MR) is 212 cm³/mol. The van der Waals surface area contributed by atoms with Crippen LogP contribution in [0.5, 0.6) is 0 Å². The third-order valence-corrected chi connectivity index (χ3v) is 10.7. The van der Waals surface area contributed by atoms with Crippen molar-refractivity contribution in [1.82, 2.24) is 36.2 Å². The third-order valence-electron chi connectivity index (χ3n) is 10.5. The fourth-order valence-electron chi connectivity index (χ4n) is 7.53. The minimum Gasteiger partial charge on any atom is -0.444 e. The zero-order valence-electron chi connectivity index (χ0n) is 32.3. The van der Waals surface area contributed by atoms with Gasteiger partial charge in [-0.2, -0.15) is 0 Å². The molecule has 1 saturated carbocycles. The molecule has 0 spiro atoms. The number of nitrogens with one attached hydrogen (secondary N) is 5. The van der Waals surface area contributed by atoms with Crippen LogP contribution in [0, 0.1) is 5.92 Å². The van der Waals surface area contributed by atoms with Crippen molar-refractivity contribution in [2.45, 2.75) is 115 Å². The van der Waals surface area contributed by atoms with Gasteiger partial charge in [0.05, 0.1) is 11.4 Å². The van der Waals surface area contributed by atoms with Gasteiger partial charge in [0.2, 0.25) is 18.2 Å². The Morgan fingerprint density at radius 1 is 1.02 bits per heavy atom. The number of ether oxygens (including phenoxy) is 2. The van der Waals surface area contributed by atoms with Gasteiger partial charge >= 0.3 is 6.09 Å². The number of halogens is 1. The molecule has 55 heavy (non-hydrogen) atoms. The number of benzene rings is 1. The van der Waals surface area contributed by atoms with Gasteiger partial charge in [-0.1, -0.05) is 43.0 Å². The summed E-state index contributed by atoms with van der Waals surface area (Å²) in [6.45, 7) is 7.77. The molecule has 5 N–H and O–H groups in total. The summed E-state index contributed by atoms with van der Waals surface area (Å²) in [5.74, 6) is 0.556. The molecule has 2 aliphatic rings. The number of anilines is 1. The van der Waals surface area contributed by atoms with Crippen LogP contribution in [-0.2, 0) is 23.9 Å². The van der Waals surface area contributed by atoms with E-state index >= 15 is 0 Å². The van der Waals surface area contributed by atoms with E-state index < -0.39 is 29.3 Å². The minimum absolute atomic E-state index is 0.108. The van der Waals surface area contributed by atoms with E-state index in [1.165, 1.54) is 12.7 Å². The molecule has 2 aromatic heterocycles. The SMILES string of the molecule is CC(C)(C)OC(=O)NC1(C(=O)NC(CCOCCCCCNC(=O)C(NC=O)C2CCCCC2)c2ccc(Cl)cc2)CCN(c2ncnc3[nH]ccc23)CC1. The molecule has 1 saturated heterocycles. The average Bonchev–Trinajstić information content (AvgIpc) is 3.65. The number of carbonyl (C=O) groups excluding carboxylic acids is 4. The number of alkyl carbamates (subject to hydrolysis) is 1. The Bertz CT molecular complexity index is 1700. The molecule has 2 fully saturated rings. The summed E-state index contributed by atoms with van der Waals surface area (Å²) < 4.78 is 11.6. The Hall–Kier alpha value is -4.43. The van der Waals surface area contributed by atoms with Crippen LogP contribution in [0.2, 0.25) is 5.02 Å². The molecular weight excluding hydrogens is 724 g/mol. The first-order chi connectivity index (χ1) is 26.5. The lowest BCUT2D eigenvalue weighted by atomic mass is 9.83. The number of carbonyl (C=O) groups is 4. The molecule has 1 aromatic carbocycles. The summed E-state index contributed by atoms with van der Waals surface area (Å²) in [5.41, 5.74) is -0.375. The summed E-state index contributed by atoms with van der Waals surface area (Å²) in [6, 6.07) is 8.41. The second kappa shape index (κ2) is 19.9. The summed E-state index contributed by atoms with van der Waals surface area (Å²) in [5, 5.41) is 13.4. The first-order valence-electron chi connectivity index (χ1n) is 19.6. The molecule has 2 unspecified atom stereocenters. The molecule has 0 radical (unpaired) electrons.